The highest BCUT2D eigenvalue weighted by molar-refractivity contribution is 9.10. The van der Waals surface area contributed by atoms with E-state index in [1.807, 2.05) is 31.2 Å². The Morgan fingerprint density at radius 3 is 2.16 bits per heavy atom. The second-order valence-corrected chi connectivity index (χ2v) is 5.88. The van der Waals surface area contributed by atoms with Gasteiger partial charge in [-0.25, -0.2) is 8.78 Å². The highest BCUT2D eigenvalue weighted by Gasteiger charge is 2.19. The Balaban J connectivity index is 2.25. The smallest absolute Gasteiger partial charge is 0.131 e. The largest absolute Gasteiger partial charge is 0.206 e. The summed E-state index contributed by atoms with van der Waals surface area (Å²) in [5.41, 5.74) is 2.01. The van der Waals surface area contributed by atoms with Crippen molar-refractivity contribution in [2.24, 2.45) is 0 Å². The molecule has 0 aliphatic heterocycles. The van der Waals surface area contributed by atoms with Gasteiger partial charge in [-0.2, -0.15) is 0 Å². The summed E-state index contributed by atoms with van der Waals surface area (Å²) in [5, 5.41) is -0.726. The van der Waals surface area contributed by atoms with E-state index in [-0.39, 0.29) is 5.56 Å². The molecule has 0 heterocycles. The predicted octanol–water partition coefficient (Wildman–Crippen LogP) is 5.56. The summed E-state index contributed by atoms with van der Waals surface area (Å²) in [4.78, 5) is 0. The number of rotatable bonds is 3. The molecule has 0 amide bonds. The van der Waals surface area contributed by atoms with Gasteiger partial charge in [-0.15, -0.1) is 11.6 Å². The number of aryl methyl sites for hydroxylation is 1. The van der Waals surface area contributed by atoms with Gasteiger partial charge in [0.1, 0.15) is 11.6 Å². The molecular weight excluding hydrogens is 334 g/mol. The molecule has 0 saturated heterocycles. The Kier molecular flexibility index (Phi) is 4.58. The third-order valence-electron chi connectivity index (χ3n) is 2.89. The van der Waals surface area contributed by atoms with Gasteiger partial charge in [-0.3, -0.25) is 0 Å². The van der Waals surface area contributed by atoms with Crippen molar-refractivity contribution in [3.63, 3.8) is 0 Å². The van der Waals surface area contributed by atoms with Crippen LogP contribution in [0.5, 0.6) is 0 Å². The third-order valence-corrected chi connectivity index (χ3v) is 3.72. The van der Waals surface area contributed by atoms with E-state index in [1.54, 1.807) is 0 Å². The molecule has 4 heteroatoms. The minimum Gasteiger partial charge on any atom is -0.206 e. The zero-order valence-electron chi connectivity index (χ0n) is 10.3. The van der Waals surface area contributed by atoms with Crippen molar-refractivity contribution in [2.45, 2.75) is 18.7 Å². The van der Waals surface area contributed by atoms with Crippen LogP contribution in [-0.2, 0) is 6.42 Å². The highest BCUT2D eigenvalue weighted by atomic mass is 79.9. The van der Waals surface area contributed by atoms with E-state index in [1.165, 1.54) is 12.1 Å². The van der Waals surface area contributed by atoms with Crippen molar-refractivity contribution < 1.29 is 8.78 Å². The summed E-state index contributed by atoms with van der Waals surface area (Å²) in [6.45, 7) is 1.98. The van der Waals surface area contributed by atoms with E-state index in [4.69, 9.17) is 11.6 Å². The summed E-state index contributed by atoms with van der Waals surface area (Å²) < 4.78 is 27.9. The Labute approximate surface area is 124 Å². The second kappa shape index (κ2) is 6.02. The number of alkyl halides is 1. The monoisotopic (exact) mass is 344 g/mol. The molecule has 0 aliphatic rings. The average Bonchev–Trinajstić information content (AvgIpc) is 2.30. The van der Waals surface area contributed by atoms with Crippen LogP contribution >= 0.6 is 27.5 Å². The molecule has 0 bridgehead atoms. The van der Waals surface area contributed by atoms with Crippen LogP contribution in [0.1, 0.15) is 22.1 Å². The Bertz CT molecular complexity index is 558. The minimum absolute atomic E-state index is 0.0783. The van der Waals surface area contributed by atoms with Crippen molar-refractivity contribution in [3.05, 3.63) is 69.2 Å². The van der Waals surface area contributed by atoms with Crippen molar-refractivity contribution in [1.29, 1.82) is 0 Å². The van der Waals surface area contributed by atoms with Crippen LogP contribution in [0.25, 0.3) is 0 Å². The van der Waals surface area contributed by atoms with Crippen molar-refractivity contribution in [3.8, 4) is 0 Å². The Morgan fingerprint density at radius 2 is 1.63 bits per heavy atom. The lowest BCUT2D eigenvalue weighted by Crippen LogP contribution is -2.03. The van der Waals surface area contributed by atoms with E-state index in [0.717, 1.165) is 11.1 Å². The van der Waals surface area contributed by atoms with Crippen LogP contribution in [0.3, 0.4) is 0 Å². The predicted molar refractivity (Wildman–Crippen MR) is 77.5 cm³/mol. The van der Waals surface area contributed by atoms with Gasteiger partial charge in [0.05, 0.1) is 5.38 Å². The number of benzene rings is 2. The first-order valence-electron chi connectivity index (χ1n) is 5.81. The number of hydrogen-bond donors (Lipinski definition) is 0. The summed E-state index contributed by atoms with van der Waals surface area (Å²) in [5.74, 6) is -1.25. The van der Waals surface area contributed by atoms with Gasteiger partial charge in [0.15, 0.2) is 0 Å². The van der Waals surface area contributed by atoms with Gasteiger partial charge < -0.3 is 0 Å². The summed E-state index contributed by atoms with van der Waals surface area (Å²) in [6.07, 6.45) is 0.386. The molecule has 0 fully saturated rings. The SMILES string of the molecule is Cc1ccc(CC(Cl)c2c(F)cc(Br)cc2F)cc1. The molecule has 0 spiro atoms. The third kappa shape index (κ3) is 3.54. The van der Waals surface area contributed by atoms with Crippen LogP contribution in [0.15, 0.2) is 40.9 Å². The molecule has 0 radical (unpaired) electrons. The van der Waals surface area contributed by atoms with E-state index in [0.29, 0.717) is 10.9 Å². The normalized spacial score (nSPS) is 12.5. The van der Waals surface area contributed by atoms with Gasteiger partial charge in [0.2, 0.25) is 0 Å². The van der Waals surface area contributed by atoms with Gasteiger partial charge in [0.25, 0.3) is 0 Å². The van der Waals surface area contributed by atoms with Gasteiger partial charge in [0, 0.05) is 10.0 Å². The lowest BCUT2D eigenvalue weighted by Gasteiger charge is -2.12. The van der Waals surface area contributed by atoms with Crippen molar-refractivity contribution in [2.75, 3.05) is 0 Å². The molecule has 0 N–H and O–H groups in total. The van der Waals surface area contributed by atoms with Crippen molar-refractivity contribution >= 4 is 27.5 Å². The lowest BCUT2D eigenvalue weighted by atomic mass is 10.0. The molecule has 0 saturated carbocycles. The topological polar surface area (TPSA) is 0 Å². The molecule has 0 nitrogen and oxygen atoms in total. The number of hydrogen-bond acceptors (Lipinski definition) is 0. The fourth-order valence-electron chi connectivity index (χ4n) is 1.89. The van der Waals surface area contributed by atoms with Gasteiger partial charge >= 0.3 is 0 Å². The molecule has 2 aromatic rings. The Morgan fingerprint density at radius 1 is 1.11 bits per heavy atom. The summed E-state index contributed by atoms with van der Waals surface area (Å²) in [7, 11) is 0. The van der Waals surface area contributed by atoms with Crippen LogP contribution in [0, 0.1) is 18.6 Å². The van der Waals surface area contributed by atoms with Gasteiger partial charge in [-0.1, -0.05) is 45.8 Å². The zero-order valence-corrected chi connectivity index (χ0v) is 12.6. The maximum atomic E-state index is 13.8. The fraction of sp³-hybridized carbons (Fsp3) is 0.200. The quantitative estimate of drug-likeness (QED) is 0.639. The van der Waals surface area contributed by atoms with E-state index >= 15 is 0 Å². The van der Waals surface area contributed by atoms with E-state index < -0.39 is 17.0 Å². The van der Waals surface area contributed by atoms with E-state index in [2.05, 4.69) is 15.9 Å². The molecule has 100 valence electrons. The Hall–Kier alpha value is -0.930. The first-order valence-corrected chi connectivity index (χ1v) is 7.04. The molecular formula is C15H12BrClF2. The van der Waals surface area contributed by atoms with Crippen LogP contribution < -0.4 is 0 Å². The molecule has 2 aromatic carbocycles. The first kappa shape index (κ1) is 14.5. The molecule has 19 heavy (non-hydrogen) atoms. The number of halogens is 4. The molecule has 0 aromatic heterocycles. The molecule has 1 atom stereocenters. The zero-order chi connectivity index (χ0) is 14.0. The van der Waals surface area contributed by atoms with Crippen LogP contribution in [0.2, 0.25) is 0 Å². The van der Waals surface area contributed by atoms with Crippen molar-refractivity contribution in [1.82, 2.24) is 0 Å². The minimum atomic E-state index is -0.726. The average molecular weight is 346 g/mol. The molecule has 1 unspecified atom stereocenters. The second-order valence-electron chi connectivity index (χ2n) is 4.44. The summed E-state index contributed by atoms with van der Waals surface area (Å²) in [6, 6.07) is 10.2. The highest BCUT2D eigenvalue weighted by Crippen LogP contribution is 2.31. The first-order chi connectivity index (χ1) is 8.97. The summed E-state index contributed by atoms with van der Waals surface area (Å²) >= 11 is 9.20. The molecule has 2 rings (SSSR count). The lowest BCUT2D eigenvalue weighted by molar-refractivity contribution is 0.549. The van der Waals surface area contributed by atoms with Crippen LogP contribution in [0.4, 0.5) is 8.78 Å². The van der Waals surface area contributed by atoms with E-state index in [9.17, 15) is 8.78 Å². The maximum Gasteiger partial charge on any atom is 0.131 e. The molecule has 0 aliphatic carbocycles. The fourth-order valence-corrected chi connectivity index (χ4v) is 2.67. The standard InChI is InChI=1S/C15H12BrClF2/c1-9-2-4-10(5-3-9)6-12(17)15-13(18)7-11(16)8-14(15)19/h2-5,7-8,12H,6H2,1H3. The van der Waals surface area contributed by atoms with Gasteiger partial charge in [-0.05, 0) is 31.0 Å². The maximum absolute atomic E-state index is 13.8. The van der Waals surface area contributed by atoms with Crippen LogP contribution in [-0.4, -0.2) is 0 Å².